The van der Waals surface area contributed by atoms with Gasteiger partial charge in [-0.25, -0.2) is 0 Å². The maximum absolute atomic E-state index is 9.76. The van der Waals surface area contributed by atoms with Crippen LogP contribution in [0.3, 0.4) is 0 Å². The molecule has 1 atom stereocenters. The normalized spacial score (nSPS) is 21.2. The minimum absolute atomic E-state index is 0.370. The molecule has 0 aliphatic carbocycles. The highest BCUT2D eigenvalue weighted by Gasteiger charge is 2.18. The smallest absolute Gasteiger partial charge is 0.0900 e. The number of aliphatic hydroxyl groups excluding tert-OH is 1. The van der Waals surface area contributed by atoms with E-state index in [-0.39, 0.29) is 6.10 Å². The summed E-state index contributed by atoms with van der Waals surface area (Å²) in [5.74, 6) is 0.839. The molecule has 0 aromatic carbocycles. The molecule has 0 amide bonds. The third-order valence-corrected chi connectivity index (χ3v) is 3.09. The first-order valence-electron chi connectivity index (χ1n) is 6.19. The Morgan fingerprint density at radius 2 is 2.00 bits per heavy atom. The van der Waals surface area contributed by atoms with Gasteiger partial charge in [0.15, 0.2) is 0 Å². The minimum atomic E-state index is -0.370. The van der Waals surface area contributed by atoms with Gasteiger partial charge in [-0.15, -0.1) is 0 Å². The van der Waals surface area contributed by atoms with Crippen LogP contribution in [0.15, 0.2) is 0 Å². The fourth-order valence-corrected chi connectivity index (χ4v) is 1.96. The van der Waals surface area contributed by atoms with Gasteiger partial charge in [-0.2, -0.15) is 0 Å². The summed E-state index contributed by atoms with van der Waals surface area (Å²) in [4.78, 5) is 2.32. The second-order valence-corrected chi connectivity index (χ2v) is 4.70. The Kier molecular flexibility index (Phi) is 6.96. The van der Waals surface area contributed by atoms with Crippen molar-refractivity contribution in [2.75, 3.05) is 46.6 Å². The predicted molar refractivity (Wildman–Crippen MR) is 63.5 cm³/mol. The Morgan fingerprint density at radius 3 is 2.62 bits per heavy atom. The number of piperidine rings is 1. The molecule has 0 spiro atoms. The first kappa shape index (κ1) is 13.9. The lowest BCUT2D eigenvalue weighted by Gasteiger charge is -2.31. The van der Waals surface area contributed by atoms with E-state index >= 15 is 0 Å². The van der Waals surface area contributed by atoms with Crippen LogP contribution in [0.4, 0.5) is 0 Å². The summed E-state index contributed by atoms with van der Waals surface area (Å²) in [6.45, 7) is 6.81. The zero-order valence-corrected chi connectivity index (χ0v) is 10.5. The van der Waals surface area contributed by atoms with Crippen LogP contribution in [0, 0.1) is 5.92 Å². The maximum Gasteiger partial charge on any atom is 0.0900 e. The highest BCUT2D eigenvalue weighted by molar-refractivity contribution is 4.71. The molecule has 1 fully saturated rings. The topological polar surface area (TPSA) is 41.9 Å². The molecule has 1 unspecified atom stereocenters. The Bertz CT molecular complexity index is 170. The number of methoxy groups -OCH3 is 1. The zero-order chi connectivity index (χ0) is 11.8. The van der Waals surface area contributed by atoms with Gasteiger partial charge in [0.1, 0.15) is 0 Å². The van der Waals surface area contributed by atoms with Gasteiger partial charge in [0.2, 0.25) is 0 Å². The van der Waals surface area contributed by atoms with Gasteiger partial charge in [-0.1, -0.05) is 6.92 Å². The molecule has 1 aliphatic heterocycles. The number of hydrogen-bond donors (Lipinski definition) is 1. The van der Waals surface area contributed by atoms with Crippen LogP contribution < -0.4 is 0 Å². The Morgan fingerprint density at radius 1 is 1.31 bits per heavy atom. The van der Waals surface area contributed by atoms with Gasteiger partial charge in [0, 0.05) is 13.7 Å². The molecule has 4 nitrogen and oxygen atoms in total. The van der Waals surface area contributed by atoms with Crippen molar-refractivity contribution in [3.63, 3.8) is 0 Å². The Labute approximate surface area is 98.5 Å². The fourth-order valence-electron chi connectivity index (χ4n) is 1.96. The number of likely N-dealkylation sites (tertiary alicyclic amines) is 1. The Balaban J connectivity index is 2.02. The Hall–Kier alpha value is -0.160. The molecule has 1 aliphatic rings. The summed E-state index contributed by atoms with van der Waals surface area (Å²) in [6.07, 6.45) is 2.12. The number of hydrogen-bond acceptors (Lipinski definition) is 4. The third-order valence-electron chi connectivity index (χ3n) is 3.09. The van der Waals surface area contributed by atoms with Crippen molar-refractivity contribution in [1.29, 1.82) is 0 Å². The SMILES string of the molecule is COCCOCC(O)CN1CCC(C)CC1. The molecule has 0 saturated carbocycles. The molecule has 0 bridgehead atoms. The van der Waals surface area contributed by atoms with Crippen LogP contribution in [0.25, 0.3) is 0 Å². The molecule has 0 aromatic heterocycles. The number of nitrogens with zero attached hydrogens (tertiary/aromatic N) is 1. The molecule has 96 valence electrons. The lowest BCUT2D eigenvalue weighted by molar-refractivity contribution is -0.00424. The van der Waals surface area contributed by atoms with Gasteiger partial charge in [-0.05, 0) is 31.8 Å². The van der Waals surface area contributed by atoms with E-state index in [4.69, 9.17) is 9.47 Å². The van der Waals surface area contributed by atoms with E-state index in [2.05, 4.69) is 11.8 Å². The van der Waals surface area contributed by atoms with Crippen molar-refractivity contribution >= 4 is 0 Å². The van der Waals surface area contributed by atoms with Crippen molar-refractivity contribution in [1.82, 2.24) is 4.90 Å². The molecule has 0 aromatic rings. The predicted octanol–water partition coefficient (Wildman–Crippen LogP) is 0.742. The molecule has 1 saturated heterocycles. The van der Waals surface area contributed by atoms with Crippen LogP contribution in [-0.2, 0) is 9.47 Å². The van der Waals surface area contributed by atoms with Gasteiger partial charge in [0.05, 0.1) is 25.9 Å². The summed E-state index contributed by atoms with van der Waals surface area (Å²) in [6, 6.07) is 0. The highest BCUT2D eigenvalue weighted by Crippen LogP contribution is 2.15. The fraction of sp³-hybridized carbons (Fsp3) is 1.00. The first-order chi connectivity index (χ1) is 7.72. The van der Waals surface area contributed by atoms with Crippen molar-refractivity contribution in [3.05, 3.63) is 0 Å². The summed E-state index contributed by atoms with van der Waals surface area (Å²) in [7, 11) is 1.65. The first-order valence-corrected chi connectivity index (χ1v) is 6.19. The number of β-amino-alcohol motifs (C(OH)–C–C–N with tert-alkyl or cyclic N) is 1. The summed E-state index contributed by atoms with van der Waals surface area (Å²) < 4.78 is 10.2. The lowest BCUT2D eigenvalue weighted by atomic mass is 9.99. The largest absolute Gasteiger partial charge is 0.389 e. The standard InChI is InChI=1S/C12H25NO3/c1-11-3-5-13(6-4-11)9-12(14)10-16-8-7-15-2/h11-12,14H,3-10H2,1-2H3. The van der Waals surface area contributed by atoms with E-state index in [1.54, 1.807) is 7.11 Å². The monoisotopic (exact) mass is 231 g/mol. The zero-order valence-electron chi connectivity index (χ0n) is 10.5. The third kappa shape index (κ3) is 5.80. The van der Waals surface area contributed by atoms with Crippen LogP contribution in [0.1, 0.15) is 19.8 Å². The van der Waals surface area contributed by atoms with E-state index in [0.29, 0.717) is 19.8 Å². The van der Waals surface area contributed by atoms with Gasteiger partial charge in [0.25, 0.3) is 0 Å². The molecule has 1 rings (SSSR count). The van der Waals surface area contributed by atoms with Crippen LogP contribution >= 0.6 is 0 Å². The average Bonchev–Trinajstić information content (AvgIpc) is 2.28. The van der Waals surface area contributed by atoms with Gasteiger partial charge in [-0.3, -0.25) is 0 Å². The van der Waals surface area contributed by atoms with Gasteiger partial charge < -0.3 is 19.5 Å². The van der Waals surface area contributed by atoms with Crippen LogP contribution in [-0.4, -0.2) is 62.7 Å². The van der Waals surface area contributed by atoms with Crippen molar-refractivity contribution < 1.29 is 14.6 Å². The number of rotatable bonds is 7. The quantitative estimate of drug-likeness (QED) is 0.656. The van der Waals surface area contributed by atoms with Crippen molar-refractivity contribution in [3.8, 4) is 0 Å². The summed E-state index contributed by atoms with van der Waals surface area (Å²) >= 11 is 0. The molecule has 16 heavy (non-hydrogen) atoms. The molecule has 1 N–H and O–H groups in total. The average molecular weight is 231 g/mol. The minimum Gasteiger partial charge on any atom is -0.389 e. The van der Waals surface area contributed by atoms with E-state index in [0.717, 1.165) is 25.6 Å². The summed E-state index contributed by atoms with van der Waals surface area (Å²) in [5, 5.41) is 9.76. The van der Waals surface area contributed by atoms with Crippen LogP contribution in [0.5, 0.6) is 0 Å². The van der Waals surface area contributed by atoms with E-state index in [1.807, 2.05) is 0 Å². The highest BCUT2D eigenvalue weighted by atomic mass is 16.5. The molecule has 1 heterocycles. The van der Waals surface area contributed by atoms with Crippen molar-refractivity contribution in [2.45, 2.75) is 25.9 Å². The molecular weight excluding hydrogens is 206 g/mol. The van der Waals surface area contributed by atoms with E-state index < -0.39 is 0 Å². The van der Waals surface area contributed by atoms with Gasteiger partial charge >= 0.3 is 0 Å². The number of aliphatic hydroxyl groups is 1. The maximum atomic E-state index is 9.76. The lowest BCUT2D eigenvalue weighted by Crippen LogP contribution is -2.40. The molecule has 4 heteroatoms. The second-order valence-electron chi connectivity index (χ2n) is 4.70. The second kappa shape index (κ2) is 8.01. The molecular formula is C12H25NO3. The molecule has 0 radical (unpaired) electrons. The summed E-state index contributed by atoms with van der Waals surface area (Å²) in [5.41, 5.74) is 0. The van der Waals surface area contributed by atoms with E-state index in [1.165, 1.54) is 12.8 Å². The van der Waals surface area contributed by atoms with Crippen molar-refractivity contribution in [2.24, 2.45) is 5.92 Å². The number of ether oxygens (including phenoxy) is 2. The van der Waals surface area contributed by atoms with E-state index in [9.17, 15) is 5.11 Å². The van der Waals surface area contributed by atoms with Crippen LogP contribution in [0.2, 0.25) is 0 Å².